The predicted molar refractivity (Wildman–Crippen MR) is 116 cm³/mol. The van der Waals surface area contributed by atoms with Gasteiger partial charge < -0.3 is 14.1 Å². The summed E-state index contributed by atoms with van der Waals surface area (Å²) in [4.78, 5) is 15.2. The largest absolute Gasteiger partial charge is 0.497 e. The summed E-state index contributed by atoms with van der Waals surface area (Å²) in [6, 6.07) is 12.9. The molecular weight excluding hydrogens is 402 g/mol. The first-order valence-electron chi connectivity index (χ1n) is 9.91. The second-order valence-electron chi connectivity index (χ2n) is 7.89. The van der Waals surface area contributed by atoms with Crippen LogP contribution in [-0.2, 0) is 16.4 Å². The molecule has 1 saturated heterocycles. The second kappa shape index (κ2) is 7.80. The number of fused-ring (bicyclic) bond motifs is 1. The van der Waals surface area contributed by atoms with Crippen molar-refractivity contribution in [3.63, 3.8) is 0 Å². The van der Waals surface area contributed by atoms with Crippen molar-refractivity contribution in [3.05, 3.63) is 64.9 Å². The molecule has 1 aliphatic heterocycles. The lowest BCUT2D eigenvalue weighted by Crippen LogP contribution is -2.40. The quantitative estimate of drug-likeness (QED) is 0.617. The molecule has 6 nitrogen and oxygen atoms in total. The van der Waals surface area contributed by atoms with Crippen LogP contribution < -0.4 is 4.74 Å². The van der Waals surface area contributed by atoms with Gasteiger partial charge in [-0.2, -0.15) is 0 Å². The molecule has 1 amide bonds. The second-order valence-corrected chi connectivity index (χ2v) is 10.1. The van der Waals surface area contributed by atoms with Gasteiger partial charge in [0.15, 0.2) is 15.6 Å². The van der Waals surface area contributed by atoms with E-state index in [1.165, 1.54) is 0 Å². The van der Waals surface area contributed by atoms with E-state index >= 15 is 0 Å². The van der Waals surface area contributed by atoms with Gasteiger partial charge in [-0.15, -0.1) is 0 Å². The van der Waals surface area contributed by atoms with Gasteiger partial charge in [0.1, 0.15) is 11.3 Å². The molecule has 1 aromatic heterocycles. The number of benzene rings is 2. The topological polar surface area (TPSA) is 76.8 Å². The first kappa shape index (κ1) is 20.5. The van der Waals surface area contributed by atoms with Crippen molar-refractivity contribution in [2.24, 2.45) is 0 Å². The van der Waals surface area contributed by atoms with Crippen LogP contribution in [0.4, 0.5) is 0 Å². The Balaban J connectivity index is 1.71. The monoisotopic (exact) mass is 427 g/mol. The molecule has 1 aliphatic rings. The summed E-state index contributed by atoms with van der Waals surface area (Å²) in [5, 5.41) is 0.896. The number of hydrogen-bond donors (Lipinski definition) is 0. The summed E-state index contributed by atoms with van der Waals surface area (Å²) in [7, 11) is -1.55. The Bertz CT molecular complexity index is 1190. The normalized spacial score (nSPS) is 17.9. The average molecular weight is 428 g/mol. The van der Waals surface area contributed by atoms with Crippen molar-refractivity contribution in [1.29, 1.82) is 0 Å². The third-order valence-corrected chi connectivity index (χ3v) is 7.46. The summed E-state index contributed by atoms with van der Waals surface area (Å²) in [5.41, 5.74) is 3.39. The highest BCUT2D eigenvalue weighted by Crippen LogP contribution is 2.30. The molecule has 30 heavy (non-hydrogen) atoms. The SMILES string of the molecule is COc1ccc(CN(C(=O)c2oc3cc(C)ccc3c2C)[C@H]2CCS(=O)(=O)C2)cc1. The molecule has 0 radical (unpaired) electrons. The van der Waals surface area contributed by atoms with Crippen molar-refractivity contribution in [3.8, 4) is 5.75 Å². The molecule has 0 N–H and O–H groups in total. The number of nitrogens with zero attached hydrogens (tertiary/aromatic N) is 1. The van der Waals surface area contributed by atoms with Gasteiger partial charge in [0.25, 0.3) is 5.91 Å². The van der Waals surface area contributed by atoms with E-state index in [4.69, 9.17) is 9.15 Å². The van der Waals surface area contributed by atoms with Crippen LogP contribution in [0.1, 0.15) is 33.7 Å². The summed E-state index contributed by atoms with van der Waals surface area (Å²) in [6.07, 6.45) is 0.433. The molecule has 3 aromatic rings. The zero-order valence-electron chi connectivity index (χ0n) is 17.3. The Labute approximate surface area is 176 Å². The third-order valence-electron chi connectivity index (χ3n) is 5.71. The number of rotatable bonds is 5. The predicted octanol–water partition coefficient (Wildman–Crippen LogP) is 3.89. The number of carbonyl (C=O) groups excluding carboxylic acids is 1. The fourth-order valence-electron chi connectivity index (χ4n) is 3.98. The van der Waals surface area contributed by atoms with Gasteiger partial charge in [-0.25, -0.2) is 8.42 Å². The molecular formula is C23H25NO5S. The van der Waals surface area contributed by atoms with E-state index in [9.17, 15) is 13.2 Å². The van der Waals surface area contributed by atoms with Crippen LogP contribution in [0.15, 0.2) is 46.9 Å². The molecule has 2 heterocycles. The lowest BCUT2D eigenvalue weighted by molar-refractivity contribution is 0.0649. The average Bonchev–Trinajstić information content (AvgIpc) is 3.24. The van der Waals surface area contributed by atoms with E-state index in [0.29, 0.717) is 18.5 Å². The van der Waals surface area contributed by atoms with E-state index in [-0.39, 0.29) is 29.2 Å². The van der Waals surface area contributed by atoms with Crippen LogP contribution in [0.25, 0.3) is 11.0 Å². The molecule has 0 aliphatic carbocycles. The van der Waals surface area contributed by atoms with Crippen molar-refractivity contribution < 1.29 is 22.4 Å². The fourth-order valence-corrected chi connectivity index (χ4v) is 5.71. The molecule has 0 unspecified atom stereocenters. The first-order chi connectivity index (χ1) is 14.3. The van der Waals surface area contributed by atoms with E-state index in [2.05, 4.69) is 0 Å². The van der Waals surface area contributed by atoms with Gasteiger partial charge in [-0.1, -0.05) is 24.3 Å². The minimum atomic E-state index is -3.14. The molecule has 158 valence electrons. The lowest BCUT2D eigenvalue weighted by Gasteiger charge is -2.28. The molecule has 4 rings (SSSR count). The zero-order chi connectivity index (χ0) is 21.5. The van der Waals surface area contributed by atoms with Gasteiger partial charge in [0.2, 0.25) is 0 Å². The standard InChI is InChI=1S/C23H25NO5S/c1-15-4-9-20-16(2)22(29-21(20)12-15)23(25)24(18-10-11-30(26,27)14-18)13-17-5-7-19(28-3)8-6-17/h4-9,12,18H,10-11,13-14H2,1-3H3/t18-/m0/s1. The number of methoxy groups -OCH3 is 1. The number of furan rings is 1. The Kier molecular flexibility index (Phi) is 5.32. The lowest BCUT2D eigenvalue weighted by atomic mass is 10.1. The Hall–Kier alpha value is -2.80. The van der Waals surface area contributed by atoms with Crippen LogP contribution >= 0.6 is 0 Å². The van der Waals surface area contributed by atoms with Crippen LogP contribution in [0.5, 0.6) is 5.75 Å². The maximum Gasteiger partial charge on any atom is 0.290 e. The summed E-state index contributed by atoms with van der Waals surface area (Å²) < 4.78 is 35.4. The van der Waals surface area contributed by atoms with Crippen LogP contribution in [0, 0.1) is 13.8 Å². The molecule has 1 fully saturated rings. The highest BCUT2D eigenvalue weighted by Gasteiger charge is 2.36. The van der Waals surface area contributed by atoms with Crippen LogP contribution in [0.3, 0.4) is 0 Å². The van der Waals surface area contributed by atoms with Gasteiger partial charge in [0.05, 0.1) is 18.6 Å². The van der Waals surface area contributed by atoms with Gasteiger partial charge >= 0.3 is 0 Å². The van der Waals surface area contributed by atoms with Crippen LogP contribution in [0.2, 0.25) is 0 Å². The minimum absolute atomic E-state index is 0.0206. The maximum atomic E-state index is 13.6. The molecule has 1 atom stereocenters. The van der Waals surface area contributed by atoms with Crippen molar-refractivity contribution in [2.75, 3.05) is 18.6 Å². The van der Waals surface area contributed by atoms with Crippen molar-refractivity contribution in [2.45, 2.75) is 32.9 Å². The first-order valence-corrected chi connectivity index (χ1v) is 11.7. The summed E-state index contributed by atoms with van der Waals surface area (Å²) in [6.45, 7) is 4.14. The van der Waals surface area contributed by atoms with Crippen molar-refractivity contribution >= 4 is 26.7 Å². The molecule has 2 aromatic carbocycles. The van der Waals surface area contributed by atoms with E-state index < -0.39 is 9.84 Å². The maximum absolute atomic E-state index is 13.6. The Morgan fingerprint density at radius 2 is 1.90 bits per heavy atom. The number of aryl methyl sites for hydroxylation is 2. The fraction of sp³-hybridized carbons (Fsp3) is 0.348. The highest BCUT2D eigenvalue weighted by molar-refractivity contribution is 7.91. The van der Waals surface area contributed by atoms with E-state index in [0.717, 1.165) is 27.8 Å². The summed E-state index contributed by atoms with van der Waals surface area (Å²) >= 11 is 0. The van der Waals surface area contributed by atoms with E-state index in [1.807, 2.05) is 56.3 Å². The molecule has 0 saturated carbocycles. The third kappa shape index (κ3) is 3.94. The molecule has 0 spiro atoms. The number of hydrogen-bond acceptors (Lipinski definition) is 5. The molecule has 0 bridgehead atoms. The smallest absolute Gasteiger partial charge is 0.290 e. The van der Waals surface area contributed by atoms with Gasteiger partial charge in [-0.05, 0) is 49.6 Å². The number of sulfone groups is 1. The van der Waals surface area contributed by atoms with Gasteiger partial charge in [0, 0.05) is 23.5 Å². The number of amides is 1. The van der Waals surface area contributed by atoms with Gasteiger partial charge in [-0.3, -0.25) is 4.79 Å². The highest BCUT2D eigenvalue weighted by atomic mass is 32.2. The summed E-state index contributed by atoms with van der Waals surface area (Å²) in [5.74, 6) is 0.798. The van der Waals surface area contributed by atoms with E-state index in [1.54, 1.807) is 12.0 Å². The Morgan fingerprint density at radius 1 is 1.17 bits per heavy atom. The minimum Gasteiger partial charge on any atom is -0.497 e. The molecule has 7 heteroatoms. The zero-order valence-corrected chi connectivity index (χ0v) is 18.2. The number of carbonyl (C=O) groups is 1. The van der Waals surface area contributed by atoms with Crippen molar-refractivity contribution in [1.82, 2.24) is 4.90 Å². The number of ether oxygens (including phenoxy) is 1. The Morgan fingerprint density at radius 3 is 2.53 bits per heavy atom. The van der Waals surface area contributed by atoms with Crippen LogP contribution in [-0.4, -0.2) is 43.9 Å².